The molecule has 1 N–H and O–H groups in total. The highest BCUT2D eigenvalue weighted by Crippen LogP contribution is 2.30. The van der Waals surface area contributed by atoms with Gasteiger partial charge in [0.2, 0.25) is 0 Å². The van der Waals surface area contributed by atoms with Crippen LogP contribution in [0.4, 0.5) is 0 Å². The molecule has 1 rings (SSSR count). The summed E-state index contributed by atoms with van der Waals surface area (Å²) in [6.45, 7) is 9.55. The second kappa shape index (κ2) is 5.43. The first-order valence-corrected chi connectivity index (χ1v) is 5.60. The quantitative estimate of drug-likeness (QED) is 0.643. The van der Waals surface area contributed by atoms with E-state index in [-0.39, 0.29) is 0 Å². The lowest BCUT2D eigenvalue weighted by atomic mass is 10.00. The molecule has 0 aromatic carbocycles. The van der Waals surface area contributed by atoms with Crippen LogP contribution in [0.2, 0.25) is 0 Å². The summed E-state index contributed by atoms with van der Waals surface area (Å²) < 4.78 is 0. The van der Waals surface area contributed by atoms with Crippen LogP contribution >= 0.6 is 0 Å². The predicted molar refractivity (Wildman–Crippen MR) is 58.9 cm³/mol. The molecule has 0 aromatic rings. The summed E-state index contributed by atoms with van der Waals surface area (Å²) in [4.78, 5) is 0. The second-order valence-electron chi connectivity index (χ2n) is 4.49. The van der Waals surface area contributed by atoms with E-state index in [1.54, 1.807) is 0 Å². The van der Waals surface area contributed by atoms with Crippen molar-refractivity contribution in [2.24, 2.45) is 5.92 Å². The predicted octanol–water partition coefficient (Wildman–Crippen LogP) is 3.12. The zero-order valence-corrected chi connectivity index (χ0v) is 9.10. The molecule has 1 fully saturated rings. The molecule has 2 atom stereocenters. The first kappa shape index (κ1) is 10.8. The van der Waals surface area contributed by atoms with Crippen molar-refractivity contribution in [2.45, 2.75) is 52.0 Å². The number of allylic oxidation sites excluding steroid dienone is 1. The summed E-state index contributed by atoms with van der Waals surface area (Å²) in [5.74, 6) is 0.909. The van der Waals surface area contributed by atoms with Gasteiger partial charge < -0.3 is 5.32 Å². The van der Waals surface area contributed by atoms with Gasteiger partial charge in [0, 0.05) is 6.04 Å². The molecule has 0 bridgehead atoms. The van der Waals surface area contributed by atoms with Crippen molar-refractivity contribution in [3.05, 3.63) is 12.2 Å². The molecule has 0 saturated heterocycles. The first-order chi connectivity index (χ1) is 6.22. The van der Waals surface area contributed by atoms with Gasteiger partial charge in [-0.25, -0.2) is 0 Å². The Morgan fingerprint density at radius 3 is 2.85 bits per heavy atom. The number of nitrogens with one attached hydrogen (secondary N) is 1. The number of hydrogen-bond donors (Lipinski definition) is 1. The van der Waals surface area contributed by atoms with Gasteiger partial charge in [-0.15, -0.1) is 6.58 Å². The lowest BCUT2D eigenvalue weighted by Gasteiger charge is -2.12. The lowest BCUT2D eigenvalue weighted by Crippen LogP contribution is -2.26. The summed E-state index contributed by atoms with van der Waals surface area (Å²) in [5, 5.41) is 3.60. The van der Waals surface area contributed by atoms with Gasteiger partial charge >= 0.3 is 0 Å². The Labute approximate surface area is 82.6 Å². The Balaban J connectivity index is 2.16. The van der Waals surface area contributed by atoms with Crippen LogP contribution in [0.5, 0.6) is 0 Å². The number of hydrogen-bond acceptors (Lipinski definition) is 1. The highest BCUT2D eigenvalue weighted by Gasteiger charge is 2.23. The smallest absolute Gasteiger partial charge is 0.00699 e. The van der Waals surface area contributed by atoms with E-state index in [9.17, 15) is 0 Å². The minimum atomic E-state index is 0.796. The van der Waals surface area contributed by atoms with Gasteiger partial charge in [-0.2, -0.15) is 0 Å². The summed E-state index contributed by atoms with van der Waals surface area (Å²) in [5.41, 5.74) is 1.35. The molecule has 1 saturated carbocycles. The minimum Gasteiger partial charge on any atom is -0.314 e. The largest absolute Gasteiger partial charge is 0.314 e. The zero-order valence-electron chi connectivity index (χ0n) is 9.10. The molecular weight excluding hydrogens is 158 g/mol. The van der Waals surface area contributed by atoms with Crippen LogP contribution in [-0.2, 0) is 0 Å². The van der Waals surface area contributed by atoms with Gasteiger partial charge in [0.15, 0.2) is 0 Å². The molecule has 1 nitrogen and oxygen atoms in total. The Hall–Kier alpha value is -0.300. The van der Waals surface area contributed by atoms with Gasteiger partial charge in [-0.1, -0.05) is 12.5 Å². The minimum absolute atomic E-state index is 0.796. The van der Waals surface area contributed by atoms with Gasteiger partial charge in [-0.05, 0) is 51.5 Å². The third kappa shape index (κ3) is 3.95. The first-order valence-electron chi connectivity index (χ1n) is 5.60. The molecule has 0 aliphatic heterocycles. The van der Waals surface area contributed by atoms with Crippen molar-refractivity contribution < 1.29 is 0 Å². The monoisotopic (exact) mass is 181 g/mol. The molecule has 1 aliphatic carbocycles. The van der Waals surface area contributed by atoms with E-state index in [4.69, 9.17) is 0 Å². The molecule has 0 spiro atoms. The van der Waals surface area contributed by atoms with Crippen LogP contribution in [-0.4, -0.2) is 12.6 Å². The van der Waals surface area contributed by atoms with Crippen molar-refractivity contribution in [1.29, 1.82) is 0 Å². The molecule has 1 aliphatic rings. The SMILES string of the molecule is C=C(C)CC1CCC(NCCC)C1. The van der Waals surface area contributed by atoms with Crippen LogP contribution in [0.1, 0.15) is 46.0 Å². The van der Waals surface area contributed by atoms with Gasteiger partial charge in [0.1, 0.15) is 0 Å². The fourth-order valence-corrected chi connectivity index (χ4v) is 2.29. The molecule has 76 valence electrons. The Bertz CT molecular complexity index is 163. The van der Waals surface area contributed by atoms with Crippen LogP contribution < -0.4 is 5.32 Å². The van der Waals surface area contributed by atoms with Crippen LogP contribution in [0.15, 0.2) is 12.2 Å². The Morgan fingerprint density at radius 1 is 1.46 bits per heavy atom. The summed E-state index contributed by atoms with van der Waals surface area (Å²) >= 11 is 0. The van der Waals surface area contributed by atoms with Crippen LogP contribution in [0, 0.1) is 5.92 Å². The van der Waals surface area contributed by atoms with Crippen molar-refractivity contribution in [2.75, 3.05) is 6.54 Å². The molecule has 1 heteroatoms. The second-order valence-corrected chi connectivity index (χ2v) is 4.49. The maximum absolute atomic E-state index is 3.99. The zero-order chi connectivity index (χ0) is 9.68. The third-order valence-electron chi connectivity index (χ3n) is 2.86. The third-order valence-corrected chi connectivity index (χ3v) is 2.86. The van der Waals surface area contributed by atoms with E-state index in [1.165, 1.54) is 44.2 Å². The summed E-state index contributed by atoms with van der Waals surface area (Å²) in [7, 11) is 0. The van der Waals surface area contributed by atoms with Gasteiger partial charge in [0.05, 0.1) is 0 Å². The molecular formula is C12H23N. The Kier molecular flexibility index (Phi) is 4.51. The van der Waals surface area contributed by atoms with E-state index < -0.39 is 0 Å². The van der Waals surface area contributed by atoms with E-state index in [0.717, 1.165) is 12.0 Å². The fourth-order valence-electron chi connectivity index (χ4n) is 2.29. The van der Waals surface area contributed by atoms with E-state index in [1.807, 2.05) is 0 Å². The molecule has 0 radical (unpaired) electrons. The summed E-state index contributed by atoms with van der Waals surface area (Å²) in [6, 6.07) is 0.796. The van der Waals surface area contributed by atoms with Crippen molar-refractivity contribution >= 4 is 0 Å². The lowest BCUT2D eigenvalue weighted by molar-refractivity contribution is 0.483. The highest BCUT2D eigenvalue weighted by atomic mass is 14.9. The van der Waals surface area contributed by atoms with E-state index in [2.05, 4.69) is 25.7 Å². The molecule has 13 heavy (non-hydrogen) atoms. The standard InChI is InChI=1S/C12H23N/c1-4-7-13-12-6-5-11(9-12)8-10(2)3/h11-13H,2,4-9H2,1,3H3. The van der Waals surface area contributed by atoms with Crippen LogP contribution in [0.25, 0.3) is 0 Å². The fraction of sp³-hybridized carbons (Fsp3) is 0.833. The van der Waals surface area contributed by atoms with E-state index >= 15 is 0 Å². The molecule has 0 aromatic heterocycles. The highest BCUT2D eigenvalue weighted by molar-refractivity contribution is 4.93. The average molecular weight is 181 g/mol. The summed E-state index contributed by atoms with van der Waals surface area (Å²) in [6.07, 6.45) is 6.63. The Morgan fingerprint density at radius 2 is 2.23 bits per heavy atom. The van der Waals surface area contributed by atoms with Crippen molar-refractivity contribution in [1.82, 2.24) is 5.32 Å². The van der Waals surface area contributed by atoms with E-state index in [0.29, 0.717) is 0 Å². The molecule has 2 unspecified atom stereocenters. The maximum atomic E-state index is 3.99. The van der Waals surface area contributed by atoms with Crippen LogP contribution in [0.3, 0.4) is 0 Å². The number of rotatable bonds is 5. The molecule has 0 amide bonds. The molecule has 0 heterocycles. The maximum Gasteiger partial charge on any atom is 0.00699 e. The van der Waals surface area contributed by atoms with Crippen molar-refractivity contribution in [3.8, 4) is 0 Å². The average Bonchev–Trinajstić information content (AvgIpc) is 2.48. The van der Waals surface area contributed by atoms with Crippen molar-refractivity contribution in [3.63, 3.8) is 0 Å². The van der Waals surface area contributed by atoms with Gasteiger partial charge in [-0.3, -0.25) is 0 Å². The van der Waals surface area contributed by atoms with Gasteiger partial charge in [0.25, 0.3) is 0 Å². The normalized spacial score (nSPS) is 27.8. The topological polar surface area (TPSA) is 12.0 Å².